The van der Waals surface area contributed by atoms with E-state index in [9.17, 15) is 17.6 Å². The topological polar surface area (TPSA) is 54.5 Å². The number of nitrogens with zero attached hydrogens (tertiary/aromatic N) is 1. The quantitative estimate of drug-likeness (QED) is 0.846. The van der Waals surface area contributed by atoms with Gasteiger partial charge in [-0.25, -0.2) is 12.8 Å². The summed E-state index contributed by atoms with van der Waals surface area (Å²) >= 11 is 0. The monoisotopic (exact) mass is 341 g/mol. The molecule has 2 rings (SSSR count). The van der Waals surface area contributed by atoms with E-state index in [4.69, 9.17) is 0 Å². The summed E-state index contributed by atoms with van der Waals surface area (Å²) in [5, 5.41) is -0.905. The lowest BCUT2D eigenvalue weighted by Crippen LogP contribution is -2.49. The molecule has 1 saturated heterocycles. The van der Waals surface area contributed by atoms with E-state index in [1.807, 2.05) is 13.8 Å². The van der Waals surface area contributed by atoms with Gasteiger partial charge in [-0.3, -0.25) is 4.79 Å². The van der Waals surface area contributed by atoms with E-state index in [-0.39, 0.29) is 18.0 Å². The number of halogens is 1. The minimum atomic E-state index is -3.68. The highest BCUT2D eigenvalue weighted by Crippen LogP contribution is 2.26. The van der Waals surface area contributed by atoms with Crippen LogP contribution < -0.4 is 0 Å². The second kappa shape index (κ2) is 6.99. The van der Waals surface area contributed by atoms with Crippen LogP contribution in [-0.2, 0) is 14.6 Å². The molecular formula is C17H24FNO3S. The highest BCUT2D eigenvalue weighted by Gasteiger charge is 2.33. The average Bonchev–Trinajstić information content (AvgIpc) is 2.45. The Morgan fingerprint density at radius 2 is 1.91 bits per heavy atom. The number of carbonyl (C=O) groups is 1. The molecule has 1 heterocycles. The van der Waals surface area contributed by atoms with Crippen LogP contribution in [0, 0.1) is 5.82 Å². The van der Waals surface area contributed by atoms with Gasteiger partial charge < -0.3 is 4.90 Å². The van der Waals surface area contributed by atoms with Gasteiger partial charge >= 0.3 is 0 Å². The molecule has 0 radical (unpaired) electrons. The standard InChI is InChI=1S/C17H24FNO3S/c1-12-6-4-7-13(2)19(12)17(20)11-23(21,22)14(3)15-8-5-9-16(18)10-15/h5,8-10,12-14H,4,6-7,11H2,1-3H3. The molecule has 0 N–H and O–H groups in total. The van der Waals surface area contributed by atoms with E-state index in [0.717, 1.165) is 19.3 Å². The molecular weight excluding hydrogens is 317 g/mol. The number of sulfone groups is 1. The van der Waals surface area contributed by atoms with Crippen LogP contribution in [-0.4, -0.2) is 37.1 Å². The van der Waals surface area contributed by atoms with E-state index in [1.54, 1.807) is 11.0 Å². The van der Waals surface area contributed by atoms with E-state index in [0.29, 0.717) is 5.56 Å². The number of hydrogen-bond acceptors (Lipinski definition) is 3. The first-order chi connectivity index (χ1) is 10.7. The summed E-state index contributed by atoms with van der Waals surface area (Å²) in [5.74, 6) is -1.36. The minimum Gasteiger partial charge on any atom is -0.336 e. The molecule has 4 nitrogen and oxygen atoms in total. The Kier molecular flexibility index (Phi) is 5.45. The van der Waals surface area contributed by atoms with Crippen LogP contribution in [0.25, 0.3) is 0 Å². The molecule has 0 bridgehead atoms. The summed E-state index contributed by atoms with van der Waals surface area (Å²) < 4.78 is 38.4. The van der Waals surface area contributed by atoms with Crippen molar-refractivity contribution in [1.29, 1.82) is 0 Å². The normalized spacial score (nSPS) is 23.6. The van der Waals surface area contributed by atoms with Crippen LogP contribution in [0.15, 0.2) is 24.3 Å². The van der Waals surface area contributed by atoms with Gasteiger partial charge in [0.2, 0.25) is 5.91 Å². The number of hydrogen-bond donors (Lipinski definition) is 0. The van der Waals surface area contributed by atoms with E-state index >= 15 is 0 Å². The second-order valence-electron chi connectivity index (χ2n) is 6.43. The highest BCUT2D eigenvalue weighted by atomic mass is 32.2. The third-order valence-electron chi connectivity index (χ3n) is 4.66. The Morgan fingerprint density at radius 3 is 2.48 bits per heavy atom. The van der Waals surface area contributed by atoms with Crippen LogP contribution in [0.2, 0.25) is 0 Å². The summed E-state index contributed by atoms with van der Waals surface area (Å²) in [6.07, 6.45) is 2.85. The summed E-state index contributed by atoms with van der Waals surface area (Å²) in [6.45, 7) is 5.41. The van der Waals surface area contributed by atoms with Gasteiger partial charge in [-0.15, -0.1) is 0 Å². The molecule has 0 aliphatic carbocycles. The zero-order chi connectivity index (χ0) is 17.2. The molecule has 1 aromatic rings. The maximum absolute atomic E-state index is 13.3. The van der Waals surface area contributed by atoms with Gasteiger partial charge in [-0.2, -0.15) is 0 Å². The number of carbonyl (C=O) groups excluding carboxylic acids is 1. The van der Waals surface area contributed by atoms with Gasteiger partial charge in [0, 0.05) is 12.1 Å². The predicted octanol–water partition coefficient (Wildman–Crippen LogP) is 3.09. The fourth-order valence-corrected chi connectivity index (χ4v) is 4.56. The van der Waals surface area contributed by atoms with Crippen LogP contribution >= 0.6 is 0 Å². The van der Waals surface area contributed by atoms with Gasteiger partial charge in [0.15, 0.2) is 9.84 Å². The van der Waals surface area contributed by atoms with Gasteiger partial charge in [-0.05, 0) is 57.7 Å². The number of amides is 1. The van der Waals surface area contributed by atoms with Crippen molar-refractivity contribution in [2.75, 3.05) is 5.75 Å². The van der Waals surface area contributed by atoms with Crippen molar-refractivity contribution in [3.63, 3.8) is 0 Å². The van der Waals surface area contributed by atoms with E-state index in [2.05, 4.69) is 0 Å². The molecule has 1 aromatic carbocycles. The summed E-state index contributed by atoms with van der Waals surface area (Å²) in [5.41, 5.74) is 0.373. The predicted molar refractivity (Wildman–Crippen MR) is 88.2 cm³/mol. The SMILES string of the molecule is CC1CCCC(C)N1C(=O)CS(=O)(=O)C(C)c1cccc(F)c1. The molecule has 1 aliphatic rings. The fraction of sp³-hybridized carbons (Fsp3) is 0.588. The van der Waals surface area contributed by atoms with Crippen molar-refractivity contribution in [1.82, 2.24) is 4.90 Å². The maximum atomic E-state index is 13.3. The molecule has 6 heteroatoms. The number of benzene rings is 1. The molecule has 1 fully saturated rings. The van der Waals surface area contributed by atoms with E-state index in [1.165, 1.54) is 25.1 Å². The molecule has 0 aromatic heterocycles. The molecule has 0 spiro atoms. The van der Waals surface area contributed by atoms with Crippen LogP contribution in [0.4, 0.5) is 4.39 Å². The van der Waals surface area contributed by atoms with Crippen molar-refractivity contribution < 1.29 is 17.6 Å². The molecule has 23 heavy (non-hydrogen) atoms. The average molecular weight is 341 g/mol. The molecule has 128 valence electrons. The molecule has 1 aliphatic heterocycles. The van der Waals surface area contributed by atoms with Crippen LogP contribution in [0.1, 0.15) is 50.8 Å². The molecule has 1 amide bonds. The minimum absolute atomic E-state index is 0.0610. The Hall–Kier alpha value is -1.43. The van der Waals surface area contributed by atoms with Gasteiger partial charge in [0.25, 0.3) is 0 Å². The smallest absolute Gasteiger partial charge is 0.238 e. The van der Waals surface area contributed by atoms with Crippen molar-refractivity contribution in [2.45, 2.75) is 57.4 Å². The Bertz CT molecular complexity index is 664. The fourth-order valence-electron chi connectivity index (χ4n) is 3.25. The Labute approximate surface area is 137 Å². The second-order valence-corrected chi connectivity index (χ2v) is 8.76. The number of piperidine rings is 1. The van der Waals surface area contributed by atoms with Gasteiger partial charge in [-0.1, -0.05) is 12.1 Å². The first-order valence-electron chi connectivity index (χ1n) is 8.00. The molecule has 3 unspecified atom stereocenters. The van der Waals surface area contributed by atoms with Crippen molar-refractivity contribution >= 4 is 15.7 Å². The maximum Gasteiger partial charge on any atom is 0.238 e. The molecule has 0 saturated carbocycles. The summed E-state index contributed by atoms with van der Waals surface area (Å²) in [6, 6.07) is 5.65. The van der Waals surface area contributed by atoms with Crippen molar-refractivity contribution in [2.24, 2.45) is 0 Å². The summed E-state index contributed by atoms with van der Waals surface area (Å²) in [4.78, 5) is 14.2. The summed E-state index contributed by atoms with van der Waals surface area (Å²) in [7, 11) is -3.68. The Balaban J connectivity index is 2.15. The van der Waals surface area contributed by atoms with Crippen molar-refractivity contribution in [3.8, 4) is 0 Å². The van der Waals surface area contributed by atoms with Crippen LogP contribution in [0.5, 0.6) is 0 Å². The Morgan fingerprint density at radius 1 is 1.30 bits per heavy atom. The first kappa shape index (κ1) is 17.9. The lowest BCUT2D eigenvalue weighted by molar-refractivity contribution is -0.134. The molecule has 3 atom stereocenters. The van der Waals surface area contributed by atoms with Crippen molar-refractivity contribution in [3.05, 3.63) is 35.6 Å². The van der Waals surface area contributed by atoms with Crippen LogP contribution in [0.3, 0.4) is 0 Å². The zero-order valence-electron chi connectivity index (χ0n) is 13.8. The van der Waals surface area contributed by atoms with Gasteiger partial charge in [0.1, 0.15) is 11.6 Å². The highest BCUT2D eigenvalue weighted by molar-refractivity contribution is 7.92. The first-order valence-corrected chi connectivity index (χ1v) is 9.72. The third-order valence-corrected chi connectivity index (χ3v) is 6.66. The zero-order valence-corrected chi connectivity index (χ0v) is 14.6. The lowest BCUT2D eigenvalue weighted by atomic mass is 9.98. The largest absolute Gasteiger partial charge is 0.336 e. The lowest BCUT2D eigenvalue weighted by Gasteiger charge is -2.39. The third kappa shape index (κ3) is 4.10. The number of likely N-dealkylation sites (tertiary alicyclic amines) is 1. The van der Waals surface area contributed by atoms with Gasteiger partial charge in [0.05, 0.1) is 5.25 Å². The van der Waals surface area contributed by atoms with E-state index < -0.39 is 26.7 Å². The number of rotatable bonds is 4.